The van der Waals surface area contributed by atoms with E-state index in [1.807, 2.05) is 30.3 Å². The van der Waals surface area contributed by atoms with Crippen LogP contribution >= 0.6 is 0 Å². The smallest absolute Gasteiger partial charge is 0.199 e. The molecule has 17 heavy (non-hydrogen) atoms. The average molecular weight is 238 g/mol. The molecule has 2 N–H and O–H groups in total. The van der Waals surface area contributed by atoms with Gasteiger partial charge in [0.05, 0.1) is 6.61 Å². The van der Waals surface area contributed by atoms with Crippen molar-refractivity contribution in [2.45, 2.75) is 38.8 Å². The van der Waals surface area contributed by atoms with Gasteiger partial charge in [0.2, 0.25) is 0 Å². The summed E-state index contributed by atoms with van der Waals surface area (Å²) >= 11 is 0. The minimum absolute atomic E-state index is 0.122. The predicted octanol–water partition coefficient (Wildman–Crippen LogP) is 1.25. The van der Waals surface area contributed by atoms with Gasteiger partial charge in [0.25, 0.3) is 0 Å². The molecule has 0 aliphatic rings. The van der Waals surface area contributed by atoms with Crippen molar-refractivity contribution >= 4 is 5.78 Å². The first kappa shape index (κ1) is 13.8. The Kier molecular flexibility index (Phi) is 4.03. The number of rotatable bonds is 5. The highest BCUT2D eigenvalue weighted by Gasteiger charge is 2.46. The molecule has 0 aliphatic carbocycles. The molecule has 0 bridgehead atoms. The number of hydrogen-bond acceptors (Lipinski definition) is 4. The Labute approximate surface area is 101 Å². The van der Waals surface area contributed by atoms with Crippen LogP contribution in [0, 0.1) is 0 Å². The molecule has 4 nitrogen and oxygen atoms in total. The SMILES string of the molecule is CC(=O)[C@@](C)(O)[C@](C)(O)OCc1ccccc1. The largest absolute Gasteiger partial charge is 0.377 e. The van der Waals surface area contributed by atoms with Crippen molar-refractivity contribution in [1.29, 1.82) is 0 Å². The predicted molar refractivity (Wildman–Crippen MR) is 63.2 cm³/mol. The van der Waals surface area contributed by atoms with Gasteiger partial charge in [-0.05, 0) is 26.3 Å². The lowest BCUT2D eigenvalue weighted by atomic mass is 9.92. The van der Waals surface area contributed by atoms with Crippen molar-refractivity contribution in [3.63, 3.8) is 0 Å². The van der Waals surface area contributed by atoms with Crippen LogP contribution in [0.15, 0.2) is 30.3 Å². The maximum Gasteiger partial charge on any atom is 0.199 e. The van der Waals surface area contributed by atoms with Crippen molar-refractivity contribution < 1.29 is 19.7 Å². The van der Waals surface area contributed by atoms with Crippen LogP contribution in [0.25, 0.3) is 0 Å². The molecule has 1 aromatic rings. The van der Waals surface area contributed by atoms with Gasteiger partial charge in [0, 0.05) is 0 Å². The van der Waals surface area contributed by atoms with Gasteiger partial charge in [-0.15, -0.1) is 0 Å². The van der Waals surface area contributed by atoms with E-state index < -0.39 is 17.2 Å². The van der Waals surface area contributed by atoms with Gasteiger partial charge in [-0.1, -0.05) is 30.3 Å². The molecular formula is C13H18O4. The molecule has 1 rings (SSSR count). The summed E-state index contributed by atoms with van der Waals surface area (Å²) in [7, 11) is 0. The molecule has 2 atom stereocenters. The van der Waals surface area contributed by atoms with Crippen LogP contribution in [0.5, 0.6) is 0 Å². The summed E-state index contributed by atoms with van der Waals surface area (Å²) in [6, 6.07) is 9.22. The number of Topliss-reactive ketones (excluding diaryl/α,β-unsaturated/α-hetero) is 1. The van der Waals surface area contributed by atoms with Crippen LogP contribution in [0.1, 0.15) is 26.3 Å². The van der Waals surface area contributed by atoms with Crippen molar-refractivity contribution in [2.75, 3.05) is 0 Å². The van der Waals surface area contributed by atoms with Gasteiger partial charge in [-0.2, -0.15) is 0 Å². The molecule has 0 saturated carbocycles. The first-order chi connectivity index (χ1) is 7.77. The van der Waals surface area contributed by atoms with Gasteiger partial charge < -0.3 is 14.9 Å². The summed E-state index contributed by atoms with van der Waals surface area (Å²) in [4.78, 5) is 11.2. The van der Waals surface area contributed by atoms with E-state index in [4.69, 9.17) is 4.74 Å². The Hall–Kier alpha value is -1.23. The monoisotopic (exact) mass is 238 g/mol. The molecule has 0 amide bonds. The Morgan fingerprint density at radius 1 is 1.24 bits per heavy atom. The summed E-state index contributed by atoms with van der Waals surface area (Å²) in [5, 5.41) is 19.9. The zero-order valence-corrected chi connectivity index (χ0v) is 10.3. The highest BCUT2D eigenvalue weighted by Crippen LogP contribution is 2.25. The van der Waals surface area contributed by atoms with Gasteiger partial charge in [-0.25, -0.2) is 0 Å². The third kappa shape index (κ3) is 3.12. The molecule has 94 valence electrons. The minimum atomic E-state index is -1.93. The quantitative estimate of drug-likeness (QED) is 0.758. The van der Waals surface area contributed by atoms with Crippen LogP contribution in [0.2, 0.25) is 0 Å². The first-order valence-electron chi connectivity index (χ1n) is 5.41. The van der Waals surface area contributed by atoms with Crippen LogP contribution in [0.4, 0.5) is 0 Å². The molecule has 0 radical (unpaired) electrons. The van der Waals surface area contributed by atoms with E-state index >= 15 is 0 Å². The van der Waals surface area contributed by atoms with E-state index in [9.17, 15) is 15.0 Å². The molecule has 0 fully saturated rings. The van der Waals surface area contributed by atoms with Crippen molar-refractivity contribution in [3.05, 3.63) is 35.9 Å². The van der Waals surface area contributed by atoms with Crippen LogP contribution in [0.3, 0.4) is 0 Å². The molecule has 1 aromatic carbocycles. The first-order valence-corrected chi connectivity index (χ1v) is 5.41. The Balaban J connectivity index is 2.71. The summed E-state index contributed by atoms with van der Waals surface area (Å²) < 4.78 is 5.23. The third-order valence-corrected chi connectivity index (χ3v) is 2.95. The average Bonchev–Trinajstić information content (AvgIpc) is 2.27. The van der Waals surface area contributed by atoms with Crippen molar-refractivity contribution in [2.24, 2.45) is 0 Å². The molecule has 0 aromatic heterocycles. The lowest BCUT2D eigenvalue weighted by Crippen LogP contribution is -2.56. The van der Waals surface area contributed by atoms with Gasteiger partial charge in [-0.3, -0.25) is 4.79 Å². The normalized spacial score (nSPS) is 18.2. The number of carbonyl (C=O) groups excluding carboxylic acids is 1. The number of carbonyl (C=O) groups is 1. The van der Waals surface area contributed by atoms with Crippen LogP contribution in [-0.4, -0.2) is 27.4 Å². The summed E-state index contributed by atoms with van der Waals surface area (Å²) in [6.45, 7) is 3.84. The molecule has 0 saturated heterocycles. The molecule has 0 heterocycles. The van der Waals surface area contributed by atoms with Gasteiger partial charge >= 0.3 is 0 Å². The highest BCUT2D eigenvalue weighted by molar-refractivity contribution is 5.85. The second-order valence-corrected chi connectivity index (χ2v) is 4.39. The number of aliphatic hydroxyl groups is 2. The molecule has 0 unspecified atom stereocenters. The fraction of sp³-hybridized carbons (Fsp3) is 0.462. The maximum absolute atomic E-state index is 11.2. The summed E-state index contributed by atoms with van der Waals surface area (Å²) in [5.74, 6) is -2.47. The summed E-state index contributed by atoms with van der Waals surface area (Å²) in [5.41, 5.74) is -1.07. The number of ketones is 1. The number of benzene rings is 1. The second-order valence-electron chi connectivity index (χ2n) is 4.39. The number of ether oxygens (including phenoxy) is 1. The fourth-order valence-electron chi connectivity index (χ4n) is 1.27. The molecule has 0 spiro atoms. The van der Waals surface area contributed by atoms with Crippen LogP contribution in [-0.2, 0) is 16.1 Å². The van der Waals surface area contributed by atoms with E-state index in [-0.39, 0.29) is 6.61 Å². The summed E-state index contributed by atoms with van der Waals surface area (Å²) in [6.07, 6.45) is 0. The van der Waals surface area contributed by atoms with E-state index in [1.165, 1.54) is 20.8 Å². The lowest BCUT2D eigenvalue weighted by molar-refractivity contribution is -0.278. The number of hydrogen-bond donors (Lipinski definition) is 2. The Morgan fingerprint density at radius 3 is 2.24 bits per heavy atom. The van der Waals surface area contributed by atoms with Gasteiger partial charge in [0.1, 0.15) is 0 Å². The van der Waals surface area contributed by atoms with E-state index in [0.29, 0.717) is 0 Å². The van der Waals surface area contributed by atoms with E-state index in [1.54, 1.807) is 0 Å². The lowest BCUT2D eigenvalue weighted by Gasteiger charge is -2.36. The van der Waals surface area contributed by atoms with E-state index in [0.717, 1.165) is 5.56 Å². The zero-order valence-electron chi connectivity index (χ0n) is 10.3. The van der Waals surface area contributed by atoms with E-state index in [2.05, 4.69) is 0 Å². The second kappa shape index (κ2) is 4.96. The molecular weight excluding hydrogens is 220 g/mol. The zero-order chi connectivity index (χ0) is 13.1. The standard InChI is InChI=1S/C13H18O4/c1-10(14)12(2,15)13(3,16)17-9-11-7-5-4-6-8-11/h4-8,15-16H,9H2,1-3H3/t12-,13-/m1/s1. The molecule has 0 aliphatic heterocycles. The Morgan fingerprint density at radius 2 is 1.76 bits per heavy atom. The topological polar surface area (TPSA) is 66.8 Å². The van der Waals surface area contributed by atoms with Crippen molar-refractivity contribution in [3.8, 4) is 0 Å². The Bertz CT molecular complexity index is 382. The minimum Gasteiger partial charge on any atom is -0.377 e. The van der Waals surface area contributed by atoms with Crippen LogP contribution < -0.4 is 0 Å². The molecule has 4 heteroatoms. The maximum atomic E-state index is 11.2. The highest BCUT2D eigenvalue weighted by atomic mass is 16.6. The fourth-order valence-corrected chi connectivity index (χ4v) is 1.27. The third-order valence-electron chi connectivity index (χ3n) is 2.95. The van der Waals surface area contributed by atoms with Gasteiger partial charge in [0.15, 0.2) is 17.2 Å². The van der Waals surface area contributed by atoms with Crippen molar-refractivity contribution in [1.82, 2.24) is 0 Å².